The molecule has 17 nitrogen and oxygen atoms in total. The summed E-state index contributed by atoms with van der Waals surface area (Å²) in [5.41, 5.74) is 0. The van der Waals surface area contributed by atoms with Crippen LogP contribution in [0.25, 0.3) is 0 Å². The van der Waals surface area contributed by atoms with E-state index < -0.39 is 97.5 Å². The Morgan fingerprint density at radius 2 is 0.460 bits per heavy atom. The fraction of sp³-hybridized carbons (Fsp3) is 0.951. The largest absolute Gasteiger partial charge is 0.472 e. The summed E-state index contributed by atoms with van der Waals surface area (Å²) in [5.74, 6) is -0.559. The number of phosphoric ester groups is 2. The van der Waals surface area contributed by atoms with Crippen LogP contribution in [0.3, 0.4) is 0 Å². The molecule has 0 rings (SSSR count). The monoisotopic (exact) mass is 1470 g/mol. The van der Waals surface area contributed by atoms with Gasteiger partial charge >= 0.3 is 39.5 Å². The maximum Gasteiger partial charge on any atom is 0.472 e. The summed E-state index contributed by atoms with van der Waals surface area (Å²) < 4.78 is 68.6. The molecule has 594 valence electrons. The van der Waals surface area contributed by atoms with Crippen molar-refractivity contribution in [1.29, 1.82) is 0 Å². The van der Waals surface area contributed by atoms with Gasteiger partial charge in [0.25, 0.3) is 0 Å². The second-order valence-electron chi connectivity index (χ2n) is 30.1. The summed E-state index contributed by atoms with van der Waals surface area (Å²) in [6.07, 6.45) is 62.8. The number of unbranched alkanes of at least 4 members (excludes halogenated alkanes) is 50. The van der Waals surface area contributed by atoms with E-state index in [9.17, 15) is 43.2 Å². The molecule has 0 saturated heterocycles. The lowest BCUT2D eigenvalue weighted by Crippen LogP contribution is -2.30. The maximum atomic E-state index is 13.1. The van der Waals surface area contributed by atoms with E-state index in [1.165, 1.54) is 231 Å². The van der Waals surface area contributed by atoms with Gasteiger partial charge in [0.15, 0.2) is 12.2 Å². The van der Waals surface area contributed by atoms with Gasteiger partial charge in [0.05, 0.1) is 26.4 Å². The van der Waals surface area contributed by atoms with Crippen LogP contribution in [0.1, 0.15) is 427 Å². The summed E-state index contributed by atoms with van der Waals surface area (Å²) >= 11 is 0. The smallest absolute Gasteiger partial charge is 0.462 e. The minimum absolute atomic E-state index is 0.105. The summed E-state index contributed by atoms with van der Waals surface area (Å²) in [7, 11) is -9.91. The first-order valence-corrected chi connectivity index (χ1v) is 45.0. The van der Waals surface area contributed by atoms with Crippen molar-refractivity contribution < 1.29 is 80.2 Å². The van der Waals surface area contributed by atoms with E-state index in [0.717, 1.165) is 115 Å². The Labute approximate surface area is 613 Å². The van der Waals surface area contributed by atoms with Crippen LogP contribution in [0.2, 0.25) is 0 Å². The predicted octanol–water partition coefficient (Wildman–Crippen LogP) is 24.3. The average Bonchev–Trinajstić information content (AvgIpc) is 1.11. The molecule has 0 aliphatic heterocycles. The zero-order chi connectivity index (χ0) is 73.5. The van der Waals surface area contributed by atoms with Gasteiger partial charge in [0, 0.05) is 25.7 Å². The minimum Gasteiger partial charge on any atom is -0.462 e. The Morgan fingerprint density at radius 3 is 0.680 bits per heavy atom. The maximum absolute atomic E-state index is 13.1. The molecule has 0 aromatic heterocycles. The number of hydrogen-bond acceptors (Lipinski definition) is 15. The highest BCUT2D eigenvalue weighted by Crippen LogP contribution is 2.45. The Bertz CT molecular complexity index is 1920. The molecule has 0 saturated carbocycles. The molecule has 0 amide bonds. The molecule has 0 radical (unpaired) electrons. The van der Waals surface area contributed by atoms with Crippen molar-refractivity contribution in [3.05, 3.63) is 0 Å². The highest BCUT2D eigenvalue weighted by atomic mass is 31.2. The summed E-state index contributed by atoms with van der Waals surface area (Å²) in [4.78, 5) is 72.8. The third kappa shape index (κ3) is 74.3. The minimum atomic E-state index is -4.96. The topological polar surface area (TPSA) is 237 Å². The number of carbonyl (C=O) groups excluding carboxylic acids is 4. The van der Waals surface area contributed by atoms with Crippen LogP contribution >= 0.6 is 15.6 Å². The third-order valence-corrected chi connectivity index (χ3v) is 20.9. The lowest BCUT2D eigenvalue weighted by molar-refractivity contribution is -0.161. The van der Waals surface area contributed by atoms with E-state index in [0.29, 0.717) is 25.7 Å². The number of rotatable bonds is 80. The highest BCUT2D eigenvalue weighted by Gasteiger charge is 2.30. The van der Waals surface area contributed by atoms with Crippen LogP contribution in [0.15, 0.2) is 0 Å². The molecule has 0 heterocycles. The molecule has 0 aromatic carbocycles. The van der Waals surface area contributed by atoms with Crippen LogP contribution in [-0.2, 0) is 65.4 Å². The molecule has 0 bridgehead atoms. The number of aliphatic hydroxyl groups is 1. The zero-order valence-electron chi connectivity index (χ0n) is 65.5. The Kier molecular flexibility index (Phi) is 71.2. The Hall–Kier alpha value is -1.94. The van der Waals surface area contributed by atoms with E-state index in [1.807, 2.05) is 0 Å². The van der Waals surface area contributed by atoms with Crippen LogP contribution in [0, 0.1) is 11.8 Å². The molecular formula is C81H158O17P2. The number of aliphatic hydroxyl groups excluding tert-OH is 1. The van der Waals surface area contributed by atoms with Gasteiger partial charge in [-0.3, -0.25) is 37.3 Å². The molecule has 0 fully saturated rings. The summed E-state index contributed by atoms with van der Waals surface area (Å²) in [6, 6.07) is 0. The zero-order valence-corrected chi connectivity index (χ0v) is 67.3. The number of ether oxygens (including phenoxy) is 4. The second-order valence-corrected chi connectivity index (χ2v) is 33.0. The van der Waals surface area contributed by atoms with E-state index in [1.54, 1.807) is 0 Å². The Morgan fingerprint density at radius 1 is 0.270 bits per heavy atom. The van der Waals surface area contributed by atoms with Gasteiger partial charge in [-0.2, -0.15) is 0 Å². The molecule has 0 aliphatic carbocycles. The molecule has 0 spiro atoms. The van der Waals surface area contributed by atoms with Crippen LogP contribution in [0.4, 0.5) is 0 Å². The molecule has 3 N–H and O–H groups in total. The normalized spacial score (nSPS) is 13.9. The number of hydrogen-bond donors (Lipinski definition) is 3. The highest BCUT2D eigenvalue weighted by molar-refractivity contribution is 7.47. The second kappa shape index (κ2) is 72.6. The molecule has 0 aromatic rings. The summed E-state index contributed by atoms with van der Waals surface area (Å²) in [6.45, 7) is 9.59. The van der Waals surface area contributed by atoms with Crippen molar-refractivity contribution in [3.63, 3.8) is 0 Å². The van der Waals surface area contributed by atoms with Crippen LogP contribution < -0.4 is 0 Å². The average molecular weight is 1470 g/mol. The molecular weight excluding hydrogens is 1310 g/mol. The van der Waals surface area contributed by atoms with Gasteiger partial charge in [-0.25, -0.2) is 9.13 Å². The standard InChI is InChI=1S/C81H158O17P2/c1-7-9-11-13-15-16-17-18-19-20-21-22-26-29-32-35-40-46-52-58-64-79(84)92-70-77(98-80(85)65-59-53-47-41-36-33-30-27-24-23-25-28-31-34-38-44-49-55-61-73(3)4)72-96-100(89,90)94-68-75(82)67-93-99(87,88)95-71-76(69-91-78(83)63-57-51-43-14-12-10-8-2)97-81(86)66-60-54-48-42-37-39-45-50-56-62-74(5)6/h73-77,82H,7-72H2,1-6H3,(H,87,88)(H,89,90)/t75-,76+,77+/m0/s1. The SMILES string of the molecule is CCCCCCCCCCCCCCCCCCCCCCC(=O)OC[C@H](COP(=O)(O)OC[C@@H](O)COP(=O)(O)OC[C@@H](COC(=O)CCCCCCCCC)OC(=O)CCCCCCCCCCCC(C)C)OC(=O)CCCCCCCCCCCCCCCCCCCCC(C)C. The van der Waals surface area contributed by atoms with E-state index >= 15 is 0 Å². The molecule has 100 heavy (non-hydrogen) atoms. The quantitative estimate of drug-likeness (QED) is 0.0222. The lowest BCUT2D eigenvalue weighted by atomic mass is 10.0. The van der Waals surface area contributed by atoms with Gasteiger partial charge in [-0.05, 0) is 37.5 Å². The third-order valence-electron chi connectivity index (χ3n) is 19.0. The van der Waals surface area contributed by atoms with Crippen molar-refractivity contribution in [3.8, 4) is 0 Å². The summed E-state index contributed by atoms with van der Waals surface area (Å²) in [5, 5.41) is 10.6. The lowest BCUT2D eigenvalue weighted by Gasteiger charge is -2.21. The van der Waals surface area contributed by atoms with Crippen molar-refractivity contribution in [1.82, 2.24) is 0 Å². The van der Waals surface area contributed by atoms with Crippen molar-refractivity contribution in [2.24, 2.45) is 11.8 Å². The van der Waals surface area contributed by atoms with E-state index in [2.05, 4.69) is 41.5 Å². The first-order chi connectivity index (χ1) is 48.4. The Balaban J connectivity index is 5.15. The van der Waals surface area contributed by atoms with Gasteiger partial charge in [0.1, 0.15) is 19.3 Å². The van der Waals surface area contributed by atoms with Crippen LogP contribution in [0.5, 0.6) is 0 Å². The van der Waals surface area contributed by atoms with Crippen molar-refractivity contribution in [2.45, 2.75) is 445 Å². The van der Waals surface area contributed by atoms with E-state index in [-0.39, 0.29) is 25.7 Å². The van der Waals surface area contributed by atoms with Gasteiger partial charge in [0.2, 0.25) is 0 Å². The van der Waals surface area contributed by atoms with Crippen molar-refractivity contribution >= 4 is 39.5 Å². The van der Waals surface area contributed by atoms with Gasteiger partial charge in [-0.1, -0.05) is 375 Å². The molecule has 2 unspecified atom stereocenters. The number of carbonyl (C=O) groups is 4. The molecule has 5 atom stereocenters. The first kappa shape index (κ1) is 98.1. The number of phosphoric acid groups is 2. The number of esters is 4. The van der Waals surface area contributed by atoms with Crippen molar-refractivity contribution in [2.75, 3.05) is 39.6 Å². The predicted molar refractivity (Wildman–Crippen MR) is 409 cm³/mol. The molecule has 0 aliphatic rings. The van der Waals surface area contributed by atoms with Gasteiger partial charge in [-0.15, -0.1) is 0 Å². The molecule has 19 heteroatoms. The first-order valence-electron chi connectivity index (χ1n) is 42.0. The fourth-order valence-electron chi connectivity index (χ4n) is 12.5. The van der Waals surface area contributed by atoms with Gasteiger partial charge < -0.3 is 33.8 Å². The fourth-order valence-corrected chi connectivity index (χ4v) is 14.1. The van der Waals surface area contributed by atoms with E-state index in [4.69, 9.17) is 37.0 Å². The van der Waals surface area contributed by atoms with Crippen LogP contribution in [-0.4, -0.2) is 96.7 Å².